The molecule has 29 heavy (non-hydrogen) atoms. The van der Waals surface area contributed by atoms with Crippen LogP contribution >= 0.6 is 11.8 Å². The first-order chi connectivity index (χ1) is 14.1. The molecule has 2 heterocycles. The van der Waals surface area contributed by atoms with E-state index in [1.807, 2.05) is 30.3 Å². The fourth-order valence-corrected chi connectivity index (χ4v) is 4.49. The Morgan fingerprint density at radius 1 is 1.34 bits per heavy atom. The second kappa shape index (κ2) is 8.27. The monoisotopic (exact) mass is 407 g/mol. The Bertz CT molecular complexity index is 1020. The lowest BCUT2D eigenvalue weighted by atomic mass is 9.81. The Balaban J connectivity index is 1.63. The molecule has 1 aliphatic carbocycles. The number of carbonyl (C=O) groups is 2. The Labute approximate surface area is 174 Å². The van der Waals surface area contributed by atoms with Crippen molar-refractivity contribution < 1.29 is 14.3 Å². The van der Waals surface area contributed by atoms with Gasteiger partial charge in [-0.1, -0.05) is 29.8 Å². The third-order valence-electron chi connectivity index (χ3n) is 5.15. The first kappa shape index (κ1) is 19.5. The van der Waals surface area contributed by atoms with Gasteiger partial charge in [-0.3, -0.25) is 14.5 Å². The number of benzene rings is 1. The second-order valence-corrected chi connectivity index (χ2v) is 8.06. The van der Waals surface area contributed by atoms with Crippen LogP contribution in [0.3, 0.4) is 0 Å². The fraction of sp³-hybridized carbons (Fsp3) is 0.318. The van der Waals surface area contributed by atoms with Crippen molar-refractivity contribution in [3.8, 4) is 11.8 Å². The number of amides is 2. The summed E-state index contributed by atoms with van der Waals surface area (Å²) in [5.74, 6) is 6.16. The molecule has 148 valence electrons. The molecule has 1 saturated carbocycles. The summed E-state index contributed by atoms with van der Waals surface area (Å²) < 4.78 is 5.25. The number of pyridine rings is 1. The predicted molar refractivity (Wildman–Crippen MR) is 112 cm³/mol. The summed E-state index contributed by atoms with van der Waals surface area (Å²) in [6.45, 7) is 2.00. The molecular formula is C22H21N3O3S. The van der Waals surface area contributed by atoms with E-state index in [9.17, 15) is 9.59 Å². The molecule has 2 amide bonds. The number of rotatable bonds is 4. The molecule has 1 fully saturated rings. The smallest absolute Gasteiger partial charge is 0.261 e. The van der Waals surface area contributed by atoms with Gasteiger partial charge in [-0.25, -0.2) is 4.98 Å². The molecule has 6 nitrogen and oxygen atoms in total. The predicted octanol–water partition coefficient (Wildman–Crippen LogP) is 3.58. The van der Waals surface area contributed by atoms with E-state index in [4.69, 9.17) is 4.74 Å². The van der Waals surface area contributed by atoms with Crippen LogP contribution in [0.5, 0.6) is 0 Å². The molecule has 4 rings (SSSR count). The van der Waals surface area contributed by atoms with Crippen LogP contribution in [-0.2, 0) is 9.53 Å². The first-order valence-electron chi connectivity index (χ1n) is 9.42. The number of carbonyl (C=O) groups excluding carboxylic acids is 2. The van der Waals surface area contributed by atoms with Gasteiger partial charge in [0.1, 0.15) is 0 Å². The summed E-state index contributed by atoms with van der Waals surface area (Å²) in [7, 11) is 1.67. The molecule has 0 bridgehead atoms. The fourth-order valence-electron chi connectivity index (χ4n) is 3.40. The Morgan fingerprint density at radius 2 is 2.14 bits per heavy atom. The minimum Gasteiger partial charge on any atom is -0.381 e. The van der Waals surface area contributed by atoms with Crippen LogP contribution in [0, 0.1) is 17.8 Å². The maximum absolute atomic E-state index is 13.1. The van der Waals surface area contributed by atoms with Gasteiger partial charge in [0.25, 0.3) is 5.91 Å². The van der Waals surface area contributed by atoms with Crippen LogP contribution in [0.15, 0.2) is 46.3 Å². The molecular weight excluding hydrogens is 386 g/mol. The van der Waals surface area contributed by atoms with E-state index in [2.05, 4.69) is 22.1 Å². The van der Waals surface area contributed by atoms with Crippen LogP contribution in [0.25, 0.3) is 0 Å². The van der Waals surface area contributed by atoms with Gasteiger partial charge >= 0.3 is 0 Å². The summed E-state index contributed by atoms with van der Waals surface area (Å²) in [6, 6.07) is 9.36. The van der Waals surface area contributed by atoms with Gasteiger partial charge in [-0.2, -0.15) is 0 Å². The lowest BCUT2D eigenvalue weighted by Crippen LogP contribution is -2.38. The summed E-state index contributed by atoms with van der Waals surface area (Å²) in [5, 5.41) is 2.95. The number of hydrogen-bond donors (Lipinski definition) is 1. The van der Waals surface area contributed by atoms with E-state index in [1.54, 1.807) is 25.1 Å². The highest BCUT2D eigenvalue weighted by Crippen LogP contribution is 2.41. The van der Waals surface area contributed by atoms with Crippen molar-refractivity contribution in [3.05, 3.63) is 42.1 Å². The van der Waals surface area contributed by atoms with E-state index >= 15 is 0 Å². The number of anilines is 2. The van der Waals surface area contributed by atoms with Crippen LogP contribution in [0.4, 0.5) is 11.5 Å². The van der Waals surface area contributed by atoms with E-state index in [0.29, 0.717) is 17.1 Å². The molecule has 1 aliphatic heterocycles. The highest BCUT2D eigenvalue weighted by atomic mass is 32.2. The quantitative estimate of drug-likeness (QED) is 0.785. The molecule has 1 aromatic heterocycles. The third kappa shape index (κ3) is 3.86. The lowest BCUT2D eigenvalue weighted by molar-refractivity contribution is -0.127. The molecule has 0 radical (unpaired) electrons. The van der Waals surface area contributed by atoms with E-state index in [1.165, 1.54) is 11.8 Å². The van der Waals surface area contributed by atoms with Crippen molar-refractivity contribution in [2.45, 2.75) is 35.7 Å². The maximum Gasteiger partial charge on any atom is 0.261 e. The number of hydrogen-bond acceptors (Lipinski definition) is 5. The normalized spacial score (nSPS) is 19.8. The molecule has 0 atom stereocenters. The Morgan fingerprint density at radius 3 is 2.90 bits per heavy atom. The number of nitrogens with zero attached hydrogens (tertiary/aromatic N) is 2. The zero-order chi connectivity index (χ0) is 20.4. The van der Waals surface area contributed by atoms with Gasteiger partial charge in [-0.05, 0) is 38.0 Å². The zero-order valence-electron chi connectivity index (χ0n) is 16.3. The van der Waals surface area contributed by atoms with Crippen LogP contribution in [-0.4, -0.2) is 36.6 Å². The highest BCUT2D eigenvalue weighted by Gasteiger charge is 2.35. The van der Waals surface area contributed by atoms with Crippen molar-refractivity contribution in [1.82, 2.24) is 4.98 Å². The molecule has 1 N–H and O–H groups in total. The van der Waals surface area contributed by atoms with Crippen molar-refractivity contribution in [3.63, 3.8) is 0 Å². The maximum atomic E-state index is 13.1. The lowest BCUT2D eigenvalue weighted by Gasteiger charge is -2.32. The van der Waals surface area contributed by atoms with Gasteiger partial charge in [0, 0.05) is 17.9 Å². The molecule has 0 spiro atoms. The summed E-state index contributed by atoms with van der Waals surface area (Å²) >= 11 is 1.47. The average Bonchev–Trinajstić information content (AvgIpc) is 2.79. The summed E-state index contributed by atoms with van der Waals surface area (Å²) in [6.07, 6.45) is 3.24. The van der Waals surface area contributed by atoms with Gasteiger partial charge in [0.15, 0.2) is 5.82 Å². The second-order valence-electron chi connectivity index (χ2n) is 6.98. The van der Waals surface area contributed by atoms with Crippen LogP contribution in [0.1, 0.15) is 30.1 Å². The first-order valence-corrected chi connectivity index (χ1v) is 10.2. The van der Waals surface area contributed by atoms with Gasteiger partial charge in [0.05, 0.1) is 35.0 Å². The Hall–Kier alpha value is -2.82. The molecule has 7 heteroatoms. The number of fused-ring (bicyclic) bond motifs is 2. The van der Waals surface area contributed by atoms with Gasteiger partial charge < -0.3 is 10.1 Å². The standard InChI is InChI=1S/C22H21N3O3S/c1-3-4-9-25-20-19(29-18-8-6-5-7-17(18)22(25)27)12-15(13-23-20)24-21(26)14-10-16(11-14)28-2/h5-8,12-14,16H,9-11H2,1-2H3,(H,24,26). The number of nitrogens with one attached hydrogen (secondary N) is 1. The third-order valence-corrected chi connectivity index (χ3v) is 6.25. The topological polar surface area (TPSA) is 71.5 Å². The molecule has 2 aromatic rings. The van der Waals surface area contributed by atoms with Gasteiger partial charge in [-0.15, -0.1) is 5.92 Å². The molecule has 2 aliphatic rings. The minimum atomic E-state index is -0.126. The van der Waals surface area contributed by atoms with Crippen molar-refractivity contribution in [2.75, 3.05) is 23.9 Å². The highest BCUT2D eigenvalue weighted by molar-refractivity contribution is 7.99. The minimum absolute atomic E-state index is 0.0242. The Kier molecular flexibility index (Phi) is 5.56. The van der Waals surface area contributed by atoms with Crippen molar-refractivity contribution in [2.24, 2.45) is 5.92 Å². The molecule has 1 aromatic carbocycles. The SMILES string of the molecule is CC#CCN1C(=O)c2ccccc2Sc2cc(NC(=O)C3CC(OC)C3)cnc21. The van der Waals surface area contributed by atoms with Crippen LogP contribution < -0.4 is 10.2 Å². The average molecular weight is 407 g/mol. The number of ether oxygens (including phenoxy) is 1. The molecule has 0 unspecified atom stereocenters. The number of aromatic nitrogens is 1. The van der Waals surface area contributed by atoms with Crippen LogP contribution in [0.2, 0.25) is 0 Å². The van der Waals surface area contributed by atoms with E-state index < -0.39 is 0 Å². The van der Waals surface area contributed by atoms with Crippen molar-refractivity contribution >= 4 is 35.1 Å². The number of methoxy groups -OCH3 is 1. The summed E-state index contributed by atoms with van der Waals surface area (Å²) in [4.78, 5) is 33.3. The van der Waals surface area contributed by atoms with Crippen molar-refractivity contribution in [1.29, 1.82) is 0 Å². The largest absolute Gasteiger partial charge is 0.381 e. The summed E-state index contributed by atoms with van der Waals surface area (Å²) in [5.41, 5.74) is 1.24. The zero-order valence-corrected chi connectivity index (χ0v) is 17.1. The van der Waals surface area contributed by atoms with E-state index in [-0.39, 0.29) is 30.4 Å². The molecule has 0 saturated heterocycles. The van der Waals surface area contributed by atoms with E-state index in [0.717, 1.165) is 22.6 Å². The van der Waals surface area contributed by atoms with Gasteiger partial charge in [0.2, 0.25) is 5.91 Å².